The first-order valence-corrected chi connectivity index (χ1v) is 6.08. The average molecular weight is 240 g/mol. The molecular formula is C13H18ClNO. The summed E-state index contributed by atoms with van der Waals surface area (Å²) in [5, 5.41) is 0.768. The second-order valence-electron chi connectivity index (χ2n) is 5.02. The summed E-state index contributed by atoms with van der Waals surface area (Å²) in [6.45, 7) is 4.94. The van der Waals surface area contributed by atoms with Crippen LogP contribution < -0.4 is 10.5 Å². The third kappa shape index (κ3) is 2.33. The van der Waals surface area contributed by atoms with Gasteiger partial charge in [0.05, 0.1) is 0 Å². The molecule has 0 aliphatic carbocycles. The Morgan fingerprint density at radius 2 is 2.25 bits per heavy atom. The van der Waals surface area contributed by atoms with Gasteiger partial charge in [0.2, 0.25) is 0 Å². The van der Waals surface area contributed by atoms with E-state index in [1.165, 1.54) is 5.56 Å². The summed E-state index contributed by atoms with van der Waals surface area (Å²) in [5.74, 6) is 1.42. The molecular weight excluding hydrogens is 222 g/mol. The standard InChI is InChI=1S/C13H18ClNO/c1-13(2)8-9(5-6-15)11-7-10(14)3-4-12(11)16-13/h3-4,7,9H,5-6,8,15H2,1-2H3. The first kappa shape index (κ1) is 11.7. The van der Waals surface area contributed by atoms with Crippen LogP contribution in [0.5, 0.6) is 5.75 Å². The lowest BCUT2D eigenvalue weighted by Gasteiger charge is -2.37. The Morgan fingerprint density at radius 3 is 2.94 bits per heavy atom. The maximum Gasteiger partial charge on any atom is 0.123 e. The van der Waals surface area contributed by atoms with E-state index in [1.807, 2.05) is 18.2 Å². The van der Waals surface area contributed by atoms with Crippen molar-refractivity contribution in [2.45, 2.75) is 38.2 Å². The lowest BCUT2D eigenvalue weighted by Crippen LogP contribution is -2.35. The minimum absolute atomic E-state index is 0.110. The molecule has 0 aromatic heterocycles. The predicted octanol–water partition coefficient (Wildman–Crippen LogP) is 3.33. The molecule has 2 N–H and O–H groups in total. The van der Waals surface area contributed by atoms with E-state index >= 15 is 0 Å². The number of hydrogen-bond donors (Lipinski definition) is 1. The SMILES string of the molecule is CC1(C)CC(CCN)c2cc(Cl)ccc2O1. The zero-order valence-corrected chi connectivity index (χ0v) is 10.6. The molecule has 0 bridgehead atoms. The highest BCUT2D eigenvalue weighted by atomic mass is 35.5. The first-order valence-electron chi connectivity index (χ1n) is 5.70. The number of halogens is 1. The summed E-state index contributed by atoms with van der Waals surface area (Å²) in [5.41, 5.74) is 6.76. The van der Waals surface area contributed by atoms with Crippen molar-refractivity contribution in [3.8, 4) is 5.75 Å². The lowest BCUT2D eigenvalue weighted by atomic mass is 9.82. The highest BCUT2D eigenvalue weighted by molar-refractivity contribution is 6.30. The molecule has 1 aliphatic rings. The molecule has 1 aromatic rings. The third-order valence-electron chi connectivity index (χ3n) is 3.05. The number of rotatable bonds is 2. The normalized spacial score (nSPS) is 22.4. The molecule has 1 atom stereocenters. The second kappa shape index (κ2) is 4.27. The largest absolute Gasteiger partial charge is 0.488 e. The van der Waals surface area contributed by atoms with E-state index in [0.29, 0.717) is 12.5 Å². The zero-order valence-electron chi connectivity index (χ0n) is 9.79. The number of hydrogen-bond acceptors (Lipinski definition) is 2. The summed E-state index contributed by atoms with van der Waals surface area (Å²) in [7, 11) is 0. The maximum atomic E-state index is 6.03. The summed E-state index contributed by atoms with van der Waals surface area (Å²) in [6.07, 6.45) is 1.98. The van der Waals surface area contributed by atoms with Crippen molar-refractivity contribution in [3.63, 3.8) is 0 Å². The minimum atomic E-state index is -0.110. The predicted molar refractivity (Wildman–Crippen MR) is 67.2 cm³/mol. The molecule has 3 heteroatoms. The number of nitrogens with two attached hydrogens (primary N) is 1. The smallest absolute Gasteiger partial charge is 0.123 e. The molecule has 0 saturated carbocycles. The van der Waals surface area contributed by atoms with E-state index in [-0.39, 0.29) is 5.60 Å². The highest BCUT2D eigenvalue weighted by Crippen LogP contribution is 2.43. The van der Waals surface area contributed by atoms with Gasteiger partial charge in [-0.2, -0.15) is 0 Å². The van der Waals surface area contributed by atoms with Crippen LogP contribution in [-0.2, 0) is 0 Å². The van der Waals surface area contributed by atoms with Crippen molar-refractivity contribution in [3.05, 3.63) is 28.8 Å². The van der Waals surface area contributed by atoms with Gasteiger partial charge in [0, 0.05) is 5.02 Å². The lowest BCUT2D eigenvalue weighted by molar-refractivity contribution is 0.0709. The van der Waals surface area contributed by atoms with Gasteiger partial charge in [0.1, 0.15) is 11.4 Å². The van der Waals surface area contributed by atoms with Crippen molar-refractivity contribution in [2.75, 3.05) is 6.54 Å². The topological polar surface area (TPSA) is 35.2 Å². The Bertz CT molecular complexity index is 390. The van der Waals surface area contributed by atoms with E-state index in [1.54, 1.807) is 0 Å². The summed E-state index contributed by atoms with van der Waals surface area (Å²) in [4.78, 5) is 0. The molecule has 1 heterocycles. The Kier molecular flexibility index (Phi) is 3.13. The highest BCUT2D eigenvalue weighted by Gasteiger charge is 2.33. The van der Waals surface area contributed by atoms with Crippen LogP contribution in [0.4, 0.5) is 0 Å². The van der Waals surface area contributed by atoms with Crippen LogP contribution in [0.3, 0.4) is 0 Å². The zero-order chi connectivity index (χ0) is 11.8. The molecule has 2 rings (SSSR count). The Balaban J connectivity index is 2.39. The van der Waals surface area contributed by atoms with Crippen LogP contribution in [-0.4, -0.2) is 12.1 Å². The van der Waals surface area contributed by atoms with Crippen LogP contribution in [0, 0.1) is 0 Å². The molecule has 0 fully saturated rings. The maximum absolute atomic E-state index is 6.03. The fraction of sp³-hybridized carbons (Fsp3) is 0.538. The first-order chi connectivity index (χ1) is 7.52. The van der Waals surface area contributed by atoms with Crippen molar-refractivity contribution in [2.24, 2.45) is 5.73 Å². The number of fused-ring (bicyclic) bond motifs is 1. The molecule has 0 spiro atoms. The van der Waals surface area contributed by atoms with Gasteiger partial charge in [-0.15, -0.1) is 0 Å². The fourth-order valence-electron chi connectivity index (χ4n) is 2.43. The third-order valence-corrected chi connectivity index (χ3v) is 3.29. The fourth-order valence-corrected chi connectivity index (χ4v) is 2.61. The quantitative estimate of drug-likeness (QED) is 0.859. The molecule has 0 amide bonds. The molecule has 1 unspecified atom stereocenters. The van der Waals surface area contributed by atoms with Crippen LogP contribution >= 0.6 is 11.6 Å². The summed E-state index contributed by atoms with van der Waals surface area (Å²) in [6, 6.07) is 5.84. The van der Waals surface area contributed by atoms with E-state index in [4.69, 9.17) is 22.1 Å². The molecule has 2 nitrogen and oxygen atoms in total. The molecule has 0 radical (unpaired) electrons. The molecule has 1 aliphatic heterocycles. The van der Waals surface area contributed by atoms with Gasteiger partial charge in [-0.1, -0.05) is 11.6 Å². The molecule has 1 aromatic carbocycles. The van der Waals surface area contributed by atoms with Gasteiger partial charge in [-0.3, -0.25) is 0 Å². The van der Waals surface area contributed by atoms with Crippen LogP contribution in [0.15, 0.2) is 18.2 Å². The van der Waals surface area contributed by atoms with Crippen LogP contribution in [0.25, 0.3) is 0 Å². The summed E-state index contributed by atoms with van der Waals surface area (Å²) >= 11 is 6.03. The van der Waals surface area contributed by atoms with Crippen molar-refractivity contribution in [1.82, 2.24) is 0 Å². The van der Waals surface area contributed by atoms with Gasteiger partial charge in [-0.05, 0) is 62.9 Å². The van der Waals surface area contributed by atoms with Crippen molar-refractivity contribution >= 4 is 11.6 Å². The Labute approximate surface area is 102 Å². The molecule has 88 valence electrons. The van der Waals surface area contributed by atoms with Gasteiger partial charge in [0.25, 0.3) is 0 Å². The van der Waals surface area contributed by atoms with Gasteiger partial charge in [-0.25, -0.2) is 0 Å². The van der Waals surface area contributed by atoms with Gasteiger partial charge < -0.3 is 10.5 Å². The van der Waals surface area contributed by atoms with E-state index in [2.05, 4.69) is 13.8 Å². The van der Waals surface area contributed by atoms with Crippen molar-refractivity contribution in [1.29, 1.82) is 0 Å². The van der Waals surface area contributed by atoms with Gasteiger partial charge >= 0.3 is 0 Å². The summed E-state index contributed by atoms with van der Waals surface area (Å²) < 4.78 is 5.95. The molecule has 16 heavy (non-hydrogen) atoms. The van der Waals surface area contributed by atoms with Gasteiger partial charge in [0.15, 0.2) is 0 Å². The number of ether oxygens (including phenoxy) is 1. The van der Waals surface area contributed by atoms with E-state index in [9.17, 15) is 0 Å². The minimum Gasteiger partial charge on any atom is -0.488 e. The van der Waals surface area contributed by atoms with Crippen LogP contribution in [0.1, 0.15) is 38.2 Å². The van der Waals surface area contributed by atoms with Crippen molar-refractivity contribution < 1.29 is 4.74 Å². The Hall–Kier alpha value is -0.730. The second-order valence-corrected chi connectivity index (χ2v) is 5.46. The van der Waals surface area contributed by atoms with E-state index < -0.39 is 0 Å². The van der Waals surface area contributed by atoms with E-state index in [0.717, 1.165) is 23.6 Å². The molecule has 0 saturated heterocycles. The Morgan fingerprint density at radius 1 is 1.50 bits per heavy atom. The number of benzene rings is 1. The average Bonchev–Trinajstić information content (AvgIpc) is 2.18. The monoisotopic (exact) mass is 239 g/mol. The van der Waals surface area contributed by atoms with Crippen LogP contribution in [0.2, 0.25) is 5.02 Å².